The molecule has 1 aliphatic carbocycles. The Bertz CT molecular complexity index is 288. The van der Waals surface area contributed by atoms with Crippen molar-refractivity contribution in [1.29, 1.82) is 0 Å². The first kappa shape index (κ1) is 14.1. The van der Waals surface area contributed by atoms with Crippen molar-refractivity contribution in [2.75, 3.05) is 6.54 Å². The monoisotopic (exact) mass is 240 g/mol. The molecular weight excluding hydrogens is 216 g/mol. The number of nitrogens with zero attached hydrogens (tertiary/aromatic N) is 1. The molecule has 4 nitrogen and oxygen atoms in total. The first-order chi connectivity index (χ1) is 7.77. The highest BCUT2D eigenvalue weighted by molar-refractivity contribution is 5.82. The summed E-state index contributed by atoms with van der Waals surface area (Å²) in [6, 6.07) is 0.265. The van der Waals surface area contributed by atoms with Gasteiger partial charge in [-0.15, -0.1) is 0 Å². The average Bonchev–Trinajstić information content (AvgIpc) is 2.21. The van der Waals surface area contributed by atoms with Crippen LogP contribution in [0.15, 0.2) is 5.18 Å². The van der Waals surface area contributed by atoms with Crippen LogP contribution in [0.4, 0.5) is 0 Å². The van der Waals surface area contributed by atoms with Crippen molar-refractivity contribution in [2.24, 2.45) is 16.0 Å². The van der Waals surface area contributed by atoms with Crippen LogP contribution >= 0.6 is 0 Å². The lowest BCUT2D eigenvalue weighted by atomic mass is 9.75. The summed E-state index contributed by atoms with van der Waals surface area (Å²) in [5, 5.41) is 5.88. The van der Waals surface area contributed by atoms with E-state index in [-0.39, 0.29) is 18.5 Å². The van der Waals surface area contributed by atoms with E-state index < -0.39 is 5.41 Å². The largest absolute Gasteiger partial charge is 0.353 e. The number of carbonyl (C=O) groups excluding carboxylic acids is 1. The Morgan fingerprint density at radius 3 is 2.35 bits per heavy atom. The van der Waals surface area contributed by atoms with Crippen molar-refractivity contribution in [3.63, 3.8) is 0 Å². The van der Waals surface area contributed by atoms with E-state index in [2.05, 4.69) is 24.3 Å². The number of amides is 1. The van der Waals surface area contributed by atoms with E-state index >= 15 is 0 Å². The van der Waals surface area contributed by atoms with E-state index in [0.717, 1.165) is 25.7 Å². The van der Waals surface area contributed by atoms with Crippen LogP contribution in [0.5, 0.6) is 0 Å². The molecule has 1 N–H and O–H groups in total. The van der Waals surface area contributed by atoms with Crippen molar-refractivity contribution < 1.29 is 4.79 Å². The number of nitroso groups, excluding NO2 is 1. The molecule has 1 rings (SSSR count). The lowest BCUT2D eigenvalue weighted by Crippen LogP contribution is -2.46. The Morgan fingerprint density at radius 2 is 1.88 bits per heavy atom. The molecule has 0 aromatic heterocycles. The summed E-state index contributed by atoms with van der Waals surface area (Å²) >= 11 is 0. The summed E-state index contributed by atoms with van der Waals surface area (Å²) in [5.41, 5.74) is -0.282. The maximum Gasteiger partial charge on any atom is 0.227 e. The normalized spacial score (nSPS) is 20.9. The molecule has 17 heavy (non-hydrogen) atoms. The van der Waals surface area contributed by atoms with Gasteiger partial charge in [-0.25, -0.2) is 0 Å². The lowest BCUT2D eigenvalue weighted by molar-refractivity contribution is -0.130. The lowest BCUT2D eigenvalue weighted by Gasteiger charge is -2.35. The molecule has 0 atom stereocenters. The van der Waals surface area contributed by atoms with Gasteiger partial charge in [0.1, 0.15) is 0 Å². The highest BCUT2D eigenvalue weighted by atomic mass is 16.3. The van der Waals surface area contributed by atoms with Gasteiger partial charge >= 0.3 is 0 Å². The van der Waals surface area contributed by atoms with Crippen molar-refractivity contribution in [3.8, 4) is 0 Å². The highest BCUT2D eigenvalue weighted by Gasteiger charge is 2.32. The second-order valence-electron chi connectivity index (χ2n) is 6.58. The molecule has 98 valence electrons. The third-order valence-corrected chi connectivity index (χ3v) is 3.75. The quantitative estimate of drug-likeness (QED) is 0.768. The third-order valence-electron chi connectivity index (χ3n) is 3.75. The molecule has 0 bridgehead atoms. The maximum atomic E-state index is 12.0. The van der Waals surface area contributed by atoms with Crippen LogP contribution in [0.1, 0.15) is 53.4 Å². The van der Waals surface area contributed by atoms with Gasteiger partial charge in [-0.1, -0.05) is 19.0 Å². The Hall–Kier alpha value is -0.930. The van der Waals surface area contributed by atoms with Gasteiger partial charge in [0.15, 0.2) is 0 Å². The topological polar surface area (TPSA) is 58.5 Å². The van der Waals surface area contributed by atoms with E-state index in [0.29, 0.717) is 5.41 Å². The molecular formula is C13H24N2O2. The number of nitrogens with one attached hydrogen (secondary N) is 1. The maximum absolute atomic E-state index is 12.0. The molecule has 1 aliphatic rings. The van der Waals surface area contributed by atoms with Gasteiger partial charge in [0.2, 0.25) is 5.91 Å². The Labute approximate surface area is 104 Å². The Kier molecular flexibility index (Phi) is 4.28. The molecule has 0 aliphatic heterocycles. The van der Waals surface area contributed by atoms with Crippen LogP contribution in [0.3, 0.4) is 0 Å². The molecule has 1 amide bonds. The smallest absolute Gasteiger partial charge is 0.227 e. The number of rotatable bonds is 4. The molecule has 0 unspecified atom stereocenters. The second kappa shape index (κ2) is 5.15. The number of hydrogen-bond acceptors (Lipinski definition) is 3. The molecule has 1 fully saturated rings. The van der Waals surface area contributed by atoms with Gasteiger partial charge in [-0.2, -0.15) is 4.91 Å². The fourth-order valence-electron chi connectivity index (χ4n) is 2.16. The van der Waals surface area contributed by atoms with Crippen LogP contribution in [0.2, 0.25) is 0 Å². The molecule has 0 aromatic rings. The molecule has 1 saturated carbocycles. The predicted octanol–water partition coefficient (Wildman–Crippen LogP) is 2.86. The van der Waals surface area contributed by atoms with Gasteiger partial charge in [0, 0.05) is 6.04 Å². The minimum atomic E-state index is -0.686. The van der Waals surface area contributed by atoms with E-state index in [1.807, 2.05) is 0 Å². The Balaban J connectivity index is 2.45. The molecule has 0 saturated heterocycles. The minimum Gasteiger partial charge on any atom is -0.353 e. The van der Waals surface area contributed by atoms with Crippen LogP contribution in [0.25, 0.3) is 0 Å². The summed E-state index contributed by atoms with van der Waals surface area (Å²) in [6.45, 7) is 8.10. The SMILES string of the molecule is CC1(C)CCC(NC(=O)C(C)(C)CN=O)CC1. The van der Waals surface area contributed by atoms with Crippen LogP contribution < -0.4 is 5.32 Å². The molecule has 4 heteroatoms. The van der Waals surface area contributed by atoms with Crippen LogP contribution in [-0.4, -0.2) is 18.5 Å². The highest BCUT2D eigenvalue weighted by Crippen LogP contribution is 2.35. The van der Waals surface area contributed by atoms with Gasteiger partial charge < -0.3 is 5.32 Å². The van der Waals surface area contributed by atoms with Gasteiger partial charge in [-0.3, -0.25) is 4.79 Å². The van der Waals surface area contributed by atoms with Crippen molar-refractivity contribution in [3.05, 3.63) is 4.91 Å². The molecule has 0 aromatic carbocycles. The van der Waals surface area contributed by atoms with Crippen LogP contribution in [0, 0.1) is 15.7 Å². The fourth-order valence-corrected chi connectivity index (χ4v) is 2.16. The summed E-state index contributed by atoms with van der Waals surface area (Å²) in [4.78, 5) is 22.2. The number of hydrogen-bond donors (Lipinski definition) is 1. The van der Waals surface area contributed by atoms with Crippen LogP contribution in [-0.2, 0) is 4.79 Å². The number of carbonyl (C=O) groups is 1. The summed E-state index contributed by atoms with van der Waals surface area (Å²) in [6.07, 6.45) is 4.35. The van der Waals surface area contributed by atoms with E-state index in [4.69, 9.17) is 0 Å². The van der Waals surface area contributed by atoms with Gasteiger partial charge in [0.25, 0.3) is 0 Å². The van der Waals surface area contributed by atoms with Crippen molar-refractivity contribution in [2.45, 2.75) is 59.4 Å². The zero-order valence-electron chi connectivity index (χ0n) is 11.4. The Morgan fingerprint density at radius 1 is 1.35 bits per heavy atom. The molecule has 0 heterocycles. The van der Waals surface area contributed by atoms with Crippen molar-refractivity contribution in [1.82, 2.24) is 5.32 Å². The second-order valence-corrected chi connectivity index (χ2v) is 6.58. The van der Waals surface area contributed by atoms with Gasteiger partial charge in [-0.05, 0) is 44.9 Å². The zero-order chi connectivity index (χ0) is 13.1. The van der Waals surface area contributed by atoms with E-state index in [1.165, 1.54) is 0 Å². The minimum absolute atomic E-state index is 0.0387. The fraction of sp³-hybridized carbons (Fsp3) is 0.923. The summed E-state index contributed by atoms with van der Waals surface area (Å²) < 4.78 is 0. The first-order valence-electron chi connectivity index (χ1n) is 6.37. The van der Waals surface area contributed by atoms with E-state index in [1.54, 1.807) is 13.8 Å². The first-order valence-corrected chi connectivity index (χ1v) is 6.37. The summed E-state index contributed by atoms with van der Waals surface area (Å²) in [7, 11) is 0. The molecule has 0 spiro atoms. The standard InChI is InChI=1S/C13H24N2O2/c1-12(2)7-5-10(6-8-12)15-11(16)13(3,4)9-14-17/h10H,5-9H2,1-4H3,(H,15,16). The average molecular weight is 240 g/mol. The van der Waals surface area contributed by atoms with Gasteiger partial charge in [0.05, 0.1) is 12.0 Å². The van der Waals surface area contributed by atoms with E-state index in [9.17, 15) is 9.70 Å². The zero-order valence-corrected chi connectivity index (χ0v) is 11.4. The molecule has 0 radical (unpaired) electrons. The third kappa shape index (κ3) is 4.10. The predicted molar refractivity (Wildman–Crippen MR) is 68.6 cm³/mol. The van der Waals surface area contributed by atoms with Crippen molar-refractivity contribution >= 4 is 5.91 Å². The summed E-state index contributed by atoms with van der Waals surface area (Å²) in [5.74, 6) is -0.0539.